The molecule has 1 saturated heterocycles. The van der Waals surface area contributed by atoms with Crippen molar-refractivity contribution < 1.29 is 14.7 Å². The third-order valence-electron chi connectivity index (χ3n) is 4.45. The van der Waals surface area contributed by atoms with E-state index in [4.69, 9.17) is 0 Å². The molecular weight excluding hydrogens is 320 g/mol. The van der Waals surface area contributed by atoms with Gasteiger partial charge in [-0.2, -0.15) is 0 Å². The first kappa shape index (κ1) is 18.6. The molecule has 1 N–H and O–H groups in total. The lowest BCUT2D eigenvalue weighted by Gasteiger charge is -2.42. The molecule has 1 unspecified atom stereocenters. The van der Waals surface area contributed by atoms with E-state index in [9.17, 15) is 14.7 Å². The second-order valence-electron chi connectivity index (χ2n) is 6.22. The Kier molecular flexibility index (Phi) is 5.56. The van der Waals surface area contributed by atoms with Gasteiger partial charge in [-0.25, -0.2) is 9.97 Å². The smallest absolute Gasteiger partial charge is 0.276 e. The van der Waals surface area contributed by atoms with Gasteiger partial charge in [0.1, 0.15) is 6.33 Å². The molecule has 1 aromatic heterocycles. The van der Waals surface area contributed by atoms with Crippen LogP contribution in [0, 0.1) is 6.92 Å². The van der Waals surface area contributed by atoms with Gasteiger partial charge >= 0.3 is 0 Å². The largest absolute Gasteiger partial charge is 0.504 e. The fourth-order valence-electron chi connectivity index (χ4n) is 2.89. The number of aryl methyl sites for hydroxylation is 1. The van der Waals surface area contributed by atoms with Crippen LogP contribution in [0.15, 0.2) is 30.8 Å². The maximum atomic E-state index is 12.7. The lowest BCUT2D eigenvalue weighted by Crippen LogP contribution is -2.54. The fourth-order valence-corrected chi connectivity index (χ4v) is 2.89. The molecule has 0 aliphatic carbocycles. The standard InChI is InChI=1S/C18H24N4O3/c1-6-14-9-21(7-8-22(14)13(5)16(23)11(2)3)18(25)15-17(24)12(4)19-10-20-15/h10,14,24H,2,5-9H2,1,3-4H3. The van der Waals surface area contributed by atoms with Gasteiger partial charge in [-0.3, -0.25) is 9.59 Å². The summed E-state index contributed by atoms with van der Waals surface area (Å²) in [5.41, 5.74) is 1.23. The first-order valence-electron chi connectivity index (χ1n) is 8.23. The number of aromatic nitrogens is 2. The average Bonchev–Trinajstić information content (AvgIpc) is 2.61. The molecule has 7 nitrogen and oxygen atoms in total. The van der Waals surface area contributed by atoms with Crippen molar-refractivity contribution in [2.24, 2.45) is 0 Å². The summed E-state index contributed by atoms with van der Waals surface area (Å²) in [6.07, 6.45) is 2.02. The maximum Gasteiger partial charge on any atom is 0.276 e. The Balaban J connectivity index is 2.17. The molecule has 1 fully saturated rings. The predicted molar refractivity (Wildman–Crippen MR) is 94.1 cm³/mol. The Morgan fingerprint density at radius 1 is 1.32 bits per heavy atom. The Labute approximate surface area is 147 Å². The number of aromatic hydroxyl groups is 1. The zero-order valence-corrected chi connectivity index (χ0v) is 14.9. The van der Waals surface area contributed by atoms with Crippen LogP contribution in [-0.2, 0) is 4.79 Å². The van der Waals surface area contributed by atoms with Crippen LogP contribution >= 0.6 is 0 Å². The summed E-state index contributed by atoms with van der Waals surface area (Å²) in [4.78, 5) is 36.2. The van der Waals surface area contributed by atoms with Crippen molar-refractivity contribution in [3.8, 4) is 5.75 Å². The topological polar surface area (TPSA) is 86.6 Å². The summed E-state index contributed by atoms with van der Waals surface area (Å²) in [6, 6.07) is -0.0291. The van der Waals surface area contributed by atoms with Gasteiger partial charge in [-0.15, -0.1) is 0 Å². The van der Waals surface area contributed by atoms with Gasteiger partial charge in [0, 0.05) is 25.7 Å². The molecule has 1 amide bonds. The first-order valence-corrected chi connectivity index (χ1v) is 8.23. The highest BCUT2D eigenvalue weighted by Gasteiger charge is 2.33. The van der Waals surface area contributed by atoms with Crippen molar-refractivity contribution in [3.63, 3.8) is 0 Å². The van der Waals surface area contributed by atoms with E-state index in [1.165, 1.54) is 6.33 Å². The molecule has 1 atom stereocenters. The van der Waals surface area contributed by atoms with Gasteiger partial charge in [0.25, 0.3) is 5.91 Å². The van der Waals surface area contributed by atoms with Crippen LogP contribution in [0.1, 0.15) is 36.5 Å². The van der Waals surface area contributed by atoms with Crippen molar-refractivity contribution in [2.45, 2.75) is 33.2 Å². The van der Waals surface area contributed by atoms with E-state index in [0.29, 0.717) is 36.6 Å². The van der Waals surface area contributed by atoms with Crippen LogP contribution < -0.4 is 0 Å². The van der Waals surface area contributed by atoms with E-state index in [1.807, 2.05) is 11.8 Å². The zero-order chi connectivity index (χ0) is 18.7. The third kappa shape index (κ3) is 3.70. The van der Waals surface area contributed by atoms with Crippen LogP contribution in [0.25, 0.3) is 0 Å². The molecule has 2 rings (SSSR count). The normalized spacial score (nSPS) is 17.3. The van der Waals surface area contributed by atoms with Crippen molar-refractivity contribution in [1.82, 2.24) is 19.8 Å². The number of hydrogen-bond acceptors (Lipinski definition) is 6. The van der Waals surface area contributed by atoms with E-state index >= 15 is 0 Å². The van der Waals surface area contributed by atoms with E-state index in [2.05, 4.69) is 23.1 Å². The van der Waals surface area contributed by atoms with Crippen LogP contribution in [0.3, 0.4) is 0 Å². The van der Waals surface area contributed by atoms with E-state index in [0.717, 1.165) is 6.42 Å². The highest BCUT2D eigenvalue weighted by molar-refractivity contribution is 6.06. The van der Waals surface area contributed by atoms with Crippen LogP contribution in [0.5, 0.6) is 5.75 Å². The number of piperazine rings is 1. The Hall–Kier alpha value is -2.70. The number of allylic oxidation sites excluding steroid dienone is 1. The molecule has 1 aliphatic rings. The number of carbonyl (C=O) groups excluding carboxylic acids is 2. The molecule has 1 aliphatic heterocycles. The highest BCUT2D eigenvalue weighted by Crippen LogP contribution is 2.23. The summed E-state index contributed by atoms with van der Waals surface area (Å²) in [6.45, 7) is 14.2. The van der Waals surface area contributed by atoms with Crippen LogP contribution in [0.4, 0.5) is 0 Å². The lowest BCUT2D eigenvalue weighted by atomic mass is 10.0. The maximum absolute atomic E-state index is 12.7. The van der Waals surface area contributed by atoms with Crippen molar-refractivity contribution in [2.75, 3.05) is 19.6 Å². The molecule has 2 heterocycles. The summed E-state index contributed by atoms with van der Waals surface area (Å²) in [5, 5.41) is 10.0. The quantitative estimate of drug-likeness (QED) is 0.818. The minimum atomic E-state index is -0.335. The molecule has 0 bridgehead atoms. The Bertz CT molecular complexity index is 729. The van der Waals surface area contributed by atoms with Crippen molar-refractivity contribution in [3.05, 3.63) is 42.1 Å². The first-order chi connectivity index (χ1) is 11.8. The van der Waals surface area contributed by atoms with E-state index < -0.39 is 0 Å². The number of rotatable bonds is 5. The Morgan fingerprint density at radius 3 is 2.60 bits per heavy atom. The minimum absolute atomic E-state index is 0.00708. The lowest BCUT2D eigenvalue weighted by molar-refractivity contribution is -0.114. The van der Waals surface area contributed by atoms with E-state index in [1.54, 1.807) is 18.7 Å². The average molecular weight is 344 g/mol. The molecule has 0 radical (unpaired) electrons. The van der Waals surface area contributed by atoms with Crippen LogP contribution in [-0.4, -0.2) is 62.2 Å². The minimum Gasteiger partial charge on any atom is -0.504 e. The number of Topliss-reactive ketones (excluding diaryl/α,β-unsaturated/α-hetero) is 1. The third-order valence-corrected chi connectivity index (χ3v) is 4.45. The predicted octanol–water partition coefficient (Wildman–Crippen LogP) is 1.69. The number of ketones is 1. The molecule has 0 spiro atoms. The second-order valence-corrected chi connectivity index (χ2v) is 6.22. The van der Waals surface area contributed by atoms with Crippen molar-refractivity contribution in [1.29, 1.82) is 0 Å². The fraction of sp³-hybridized carbons (Fsp3) is 0.444. The monoisotopic (exact) mass is 344 g/mol. The van der Waals surface area contributed by atoms with Gasteiger partial charge in [-0.1, -0.05) is 20.1 Å². The zero-order valence-electron chi connectivity index (χ0n) is 14.9. The molecule has 0 aromatic carbocycles. The van der Waals surface area contributed by atoms with Gasteiger partial charge in [0.05, 0.1) is 11.4 Å². The second kappa shape index (κ2) is 7.46. The number of carbonyl (C=O) groups is 2. The summed E-state index contributed by atoms with van der Waals surface area (Å²) >= 11 is 0. The van der Waals surface area contributed by atoms with Gasteiger partial charge in [0.2, 0.25) is 5.78 Å². The summed E-state index contributed by atoms with van der Waals surface area (Å²) in [5.74, 6) is -0.690. The van der Waals surface area contributed by atoms with E-state index in [-0.39, 0.29) is 29.2 Å². The summed E-state index contributed by atoms with van der Waals surface area (Å²) in [7, 11) is 0. The molecule has 134 valence electrons. The van der Waals surface area contributed by atoms with Gasteiger partial charge < -0.3 is 14.9 Å². The number of nitrogens with zero attached hydrogens (tertiary/aromatic N) is 4. The molecule has 1 aromatic rings. The molecular formula is C18H24N4O3. The Morgan fingerprint density at radius 2 is 2.00 bits per heavy atom. The molecule has 7 heteroatoms. The van der Waals surface area contributed by atoms with Crippen molar-refractivity contribution >= 4 is 11.7 Å². The molecule has 25 heavy (non-hydrogen) atoms. The number of amides is 1. The highest BCUT2D eigenvalue weighted by atomic mass is 16.3. The van der Waals surface area contributed by atoms with Crippen LogP contribution in [0.2, 0.25) is 0 Å². The van der Waals surface area contributed by atoms with Gasteiger partial charge in [-0.05, 0) is 25.8 Å². The van der Waals surface area contributed by atoms with Gasteiger partial charge in [0.15, 0.2) is 11.4 Å². The summed E-state index contributed by atoms with van der Waals surface area (Å²) < 4.78 is 0. The molecule has 0 saturated carbocycles. The number of hydrogen-bond donors (Lipinski definition) is 1. The SMILES string of the molecule is C=C(C)C(=O)C(=C)N1CCN(C(=O)c2ncnc(C)c2O)CC1CC.